The topological polar surface area (TPSA) is 89.0 Å². The van der Waals surface area contributed by atoms with E-state index in [2.05, 4.69) is 15.8 Å². The first kappa shape index (κ1) is 21.6. The van der Waals surface area contributed by atoms with Crippen molar-refractivity contribution in [1.82, 2.24) is 10.7 Å². The minimum absolute atomic E-state index is 0.200. The molecule has 0 unspecified atom stereocenters. The number of ether oxygens (including phenoxy) is 2. The van der Waals surface area contributed by atoms with Crippen LogP contribution in [0.15, 0.2) is 84.0 Å². The van der Waals surface area contributed by atoms with Crippen molar-refractivity contribution in [1.29, 1.82) is 0 Å². The number of amides is 2. The summed E-state index contributed by atoms with van der Waals surface area (Å²) in [5.74, 6) is 0.496. The van der Waals surface area contributed by atoms with E-state index < -0.39 is 5.91 Å². The van der Waals surface area contributed by atoms with Gasteiger partial charge in [-0.3, -0.25) is 9.59 Å². The molecular formula is C24H23N3O4. The van der Waals surface area contributed by atoms with Crippen molar-refractivity contribution >= 4 is 18.0 Å². The lowest BCUT2D eigenvalue weighted by Crippen LogP contribution is -2.34. The monoisotopic (exact) mass is 417 g/mol. The molecule has 158 valence electrons. The van der Waals surface area contributed by atoms with E-state index in [9.17, 15) is 9.59 Å². The van der Waals surface area contributed by atoms with Gasteiger partial charge < -0.3 is 14.8 Å². The molecule has 31 heavy (non-hydrogen) atoms. The van der Waals surface area contributed by atoms with Crippen LogP contribution in [0.4, 0.5) is 0 Å². The molecule has 0 heterocycles. The fourth-order valence-electron chi connectivity index (χ4n) is 2.67. The van der Waals surface area contributed by atoms with E-state index in [4.69, 9.17) is 9.47 Å². The molecule has 3 aromatic carbocycles. The molecule has 7 nitrogen and oxygen atoms in total. The van der Waals surface area contributed by atoms with Gasteiger partial charge in [-0.1, -0.05) is 42.5 Å². The third-order valence-corrected chi connectivity index (χ3v) is 4.31. The standard InChI is InChI=1S/C24H23N3O4/c1-30-21-13-11-19(12-14-21)24(29)25-16-23(28)27-26-15-20-9-5-6-10-22(20)31-17-18-7-3-2-4-8-18/h2-15H,16-17H2,1H3,(H,25,29)(H,27,28)/b26-15-. The van der Waals surface area contributed by atoms with Crippen molar-refractivity contribution in [2.45, 2.75) is 6.61 Å². The van der Waals surface area contributed by atoms with Crippen LogP contribution in [-0.2, 0) is 11.4 Å². The van der Waals surface area contributed by atoms with Crippen molar-refractivity contribution in [2.75, 3.05) is 13.7 Å². The van der Waals surface area contributed by atoms with Gasteiger partial charge in [0.15, 0.2) is 0 Å². The quantitative estimate of drug-likeness (QED) is 0.413. The van der Waals surface area contributed by atoms with E-state index in [-0.39, 0.29) is 12.5 Å². The summed E-state index contributed by atoms with van der Waals surface area (Å²) in [7, 11) is 1.55. The molecular weight excluding hydrogens is 394 g/mol. The van der Waals surface area contributed by atoms with Crippen LogP contribution in [-0.4, -0.2) is 31.7 Å². The van der Waals surface area contributed by atoms with Crippen LogP contribution in [0.25, 0.3) is 0 Å². The highest BCUT2D eigenvalue weighted by atomic mass is 16.5. The Hall–Kier alpha value is -4.13. The Labute approximate surface area is 180 Å². The largest absolute Gasteiger partial charge is 0.497 e. The van der Waals surface area contributed by atoms with Crippen molar-refractivity contribution in [3.63, 3.8) is 0 Å². The summed E-state index contributed by atoms with van der Waals surface area (Å²) < 4.78 is 10.9. The molecule has 0 saturated heterocycles. The number of benzene rings is 3. The highest BCUT2D eigenvalue weighted by Crippen LogP contribution is 2.17. The Morgan fingerprint density at radius 1 is 0.935 bits per heavy atom. The summed E-state index contributed by atoms with van der Waals surface area (Å²) >= 11 is 0. The zero-order valence-electron chi connectivity index (χ0n) is 17.1. The van der Waals surface area contributed by atoms with Crippen LogP contribution in [0.3, 0.4) is 0 Å². The summed E-state index contributed by atoms with van der Waals surface area (Å²) in [6, 6.07) is 23.8. The first-order chi connectivity index (χ1) is 15.2. The second-order valence-corrected chi connectivity index (χ2v) is 6.52. The lowest BCUT2D eigenvalue weighted by Gasteiger charge is -2.09. The van der Waals surface area contributed by atoms with Gasteiger partial charge in [-0.2, -0.15) is 5.10 Å². The fourth-order valence-corrected chi connectivity index (χ4v) is 2.67. The lowest BCUT2D eigenvalue weighted by molar-refractivity contribution is -0.120. The fraction of sp³-hybridized carbons (Fsp3) is 0.125. The minimum atomic E-state index is -0.444. The van der Waals surface area contributed by atoms with Gasteiger partial charge in [0, 0.05) is 11.1 Å². The van der Waals surface area contributed by atoms with Crippen LogP contribution in [0.2, 0.25) is 0 Å². The molecule has 0 radical (unpaired) electrons. The molecule has 7 heteroatoms. The number of carbonyl (C=O) groups is 2. The summed E-state index contributed by atoms with van der Waals surface area (Å²) in [4.78, 5) is 24.1. The number of carbonyl (C=O) groups excluding carboxylic acids is 2. The van der Waals surface area contributed by atoms with Gasteiger partial charge in [0.25, 0.3) is 11.8 Å². The molecule has 0 spiro atoms. The average molecular weight is 417 g/mol. The molecule has 2 amide bonds. The maximum absolute atomic E-state index is 12.1. The van der Waals surface area contributed by atoms with E-state index in [1.807, 2.05) is 54.6 Å². The molecule has 0 atom stereocenters. The molecule has 0 fully saturated rings. The highest BCUT2D eigenvalue weighted by molar-refractivity contribution is 5.96. The number of methoxy groups -OCH3 is 1. The molecule has 0 aliphatic carbocycles. The Morgan fingerprint density at radius 3 is 2.39 bits per heavy atom. The third kappa shape index (κ3) is 6.71. The van der Waals surface area contributed by atoms with E-state index >= 15 is 0 Å². The summed E-state index contributed by atoms with van der Waals surface area (Å²) in [6.07, 6.45) is 1.50. The van der Waals surface area contributed by atoms with Gasteiger partial charge in [0.1, 0.15) is 18.1 Å². The zero-order chi connectivity index (χ0) is 21.9. The number of rotatable bonds is 9. The van der Waals surface area contributed by atoms with E-state index in [0.717, 1.165) is 11.1 Å². The van der Waals surface area contributed by atoms with Gasteiger partial charge in [-0.25, -0.2) is 5.43 Å². The molecule has 3 aromatic rings. The van der Waals surface area contributed by atoms with Gasteiger partial charge >= 0.3 is 0 Å². The third-order valence-electron chi connectivity index (χ3n) is 4.31. The predicted molar refractivity (Wildman–Crippen MR) is 118 cm³/mol. The molecule has 0 aliphatic heterocycles. The van der Waals surface area contributed by atoms with E-state index in [1.54, 1.807) is 31.4 Å². The molecule has 0 bridgehead atoms. The average Bonchev–Trinajstić information content (AvgIpc) is 2.82. The maximum Gasteiger partial charge on any atom is 0.259 e. The smallest absolute Gasteiger partial charge is 0.259 e. The molecule has 0 aliphatic rings. The van der Waals surface area contributed by atoms with Crippen molar-refractivity contribution in [2.24, 2.45) is 5.10 Å². The molecule has 0 saturated carbocycles. The number of nitrogens with zero attached hydrogens (tertiary/aromatic N) is 1. The van der Waals surface area contributed by atoms with Crippen molar-refractivity contribution in [3.05, 3.63) is 95.6 Å². The van der Waals surface area contributed by atoms with Gasteiger partial charge in [-0.05, 0) is 42.0 Å². The van der Waals surface area contributed by atoms with E-state index in [1.165, 1.54) is 6.21 Å². The van der Waals surface area contributed by atoms with Crippen molar-refractivity contribution < 1.29 is 19.1 Å². The highest BCUT2D eigenvalue weighted by Gasteiger charge is 2.08. The van der Waals surface area contributed by atoms with Crippen LogP contribution in [0.1, 0.15) is 21.5 Å². The summed E-state index contributed by atoms with van der Waals surface area (Å²) in [5, 5.41) is 6.50. The Kier molecular flexibility index (Phi) is 7.77. The Morgan fingerprint density at radius 2 is 1.65 bits per heavy atom. The molecule has 0 aromatic heterocycles. The zero-order valence-corrected chi connectivity index (χ0v) is 17.1. The number of hydrogen-bond donors (Lipinski definition) is 2. The summed E-state index contributed by atoms with van der Waals surface area (Å²) in [6.45, 7) is 0.226. The minimum Gasteiger partial charge on any atom is -0.497 e. The van der Waals surface area contributed by atoms with Gasteiger partial charge in [0.05, 0.1) is 19.9 Å². The molecule has 2 N–H and O–H groups in total. The van der Waals surface area contributed by atoms with Gasteiger partial charge in [-0.15, -0.1) is 0 Å². The van der Waals surface area contributed by atoms with E-state index in [0.29, 0.717) is 23.7 Å². The summed E-state index contributed by atoms with van der Waals surface area (Å²) in [5.41, 5.74) is 4.60. The number of para-hydroxylation sites is 1. The maximum atomic E-state index is 12.1. The Bertz CT molecular complexity index is 1030. The second kappa shape index (κ2) is 11.2. The van der Waals surface area contributed by atoms with Crippen LogP contribution in [0, 0.1) is 0 Å². The number of hydrogen-bond acceptors (Lipinski definition) is 5. The first-order valence-electron chi connectivity index (χ1n) is 9.65. The number of hydrazone groups is 1. The predicted octanol–water partition coefficient (Wildman–Crippen LogP) is 3.15. The molecule has 3 rings (SSSR count). The van der Waals surface area contributed by atoms with Crippen LogP contribution < -0.4 is 20.2 Å². The second-order valence-electron chi connectivity index (χ2n) is 6.52. The van der Waals surface area contributed by atoms with Crippen molar-refractivity contribution in [3.8, 4) is 11.5 Å². The normalized spacial score (nSPS) is 10.5. The number of nitrogens with one attached hydrogen (secondary N) is 2. The first-order valence-corrected chi connectivity index (χ1v) is 9.65. The van der Waals surface area contributed by atoms with Crippen LogP contribution >= 0.6 is 0 Å². The van der Waals surface area contributed by atoms with Gasteiger partial charge in [0.2, 0.25) is 0 Å². The Balaban J connectivity index is 1.48. The lowest BCUT2D eigenvalue weighted by atomic mass is 10.2. The van der Waals surface area contributed by atoms with Crippen LogP contribution in [0.5, 0.6) is 11.5 Å². The SMILES string of the molecule is COc1ccc(C(=O)NCC(=O)N/N=C\c2ccccc2OCc2ccccc2)cc1.